The highest BCUT2D eigenvalue weighted by Crippen LogP contribution is 2.22. The van der Waals surface area contributed by atoms with Crippen molar-refractivity contribution in [1.82, 2.24) is 10.2 Å². The monoisotopic (exact) mass is 281 g/mol. The summed E-state index contributed by atoms with van der Waals surface area (Å²) in [4.78, 5) is 14.0. The number of hydrogen-bond donors (Lipinski definition) is 2. The van der Waals surface area contributed by atoms with E-state index in [1.807, 2.05) is 12.1 Å². The average Bonchev–Trinajstić information content (AvgIpc) is 2.40. The number of benzene rings is 1. The number of carbonyl (C=O) groups excluding carboxylic acids is 1. The summed E-state index contributed by atoms with van der Waals surface area (Å²) in [5, 5.41) is 6.56. The third-order valence-corrected chi connectivity index (χ3v) is 3.76. The molecule has 104 valence electrons. The van der Waals surface area contributed by atoms with Gasteiger partial charge in [0.05, 0.1) is 10.6 Å². The van der Waals surface area contributed by atoms with Crippen LogP contribution >= 0.6 is 11.6 Å². The molecule has 0 aliphatic carbocycles. The Labute approximate surface area is 119 Å². The van der Waals surface area contributed by atoms with E-state index >= 15 is 0 Å². The highest BCUT2D eigenvalue weighted by atomic mass is 35.5. The molecule has 2 N–H and O–H groups in total. The van der Waals surface area contributed by atoms with Crippen molar-refractivity contribution >= 4 is 23.2 Å². The molecule has 1 amide bonds. The van der Waals surface area contributed by atoms with Gasteiger partial charge in [0.25, 0.3) is 5.91 Å². The number of carbonyl (C=O) groups is 1. The van der Waals surface area contributed by atoms with Crippen LogP contribution in [0, 0.1) is 0 Å². The van der Waals surface area contributed by atoms with Gasteiger partial charge in [0.1, 0.15) is 0 Å². The maximum Gasteiger partial charge on any atom is 0.252 e. The Kier molecular flexibility index (Phi) is 4.66. The fourth-order valence-electron chi connectivity index (χ4n) is 2.44. The summed E-state index contributed by atoms with van der Waals surface area (Å²) >= 11 is 6.04. The van der Waals surface area contributed by atoms with Crippen LogP contribution in [0.1, 0.15) is 23.2 Å². The number of likely N-dealkylation sites (N-methyl/N-ethyl adjacent to an activating group) is 1. The van der Waals surface area contributed by atoms with Gasteiger partial charge in [0, 0.05) is 25.3 Å². The Balaban J connectivity index is 2.10. The SMILES string of the molecule is CNC(=O)c1cc(NC2CCCN(C)C2)ccc1Cl. The lowest BCUT2D eigenvalue weighted by Gasteiger charge is -2.31. The van der Waals surface area contributed by atoms with Gasteiger partial charge in [-0.25, -0.2) is 0 Å². The van der Waals surface area contributed by atoms with Crippen molar-refractivity contribution in [3.63, 3.8) is 0 Å². The molecule has 1 aromatic carbocycles. The summed E-state index contributed by atoms with van der Waals surface area (Å²) in [6.45, 7) is 2.18. The van der Waals surface area contributed by atoms with E-state index in [2.05, 4.69) is 22.6 Å². The molecule has 1 heterocycles. The molecule has 0 bridgehead atoms. The van der Waals surface area contributed by atoms with Crippen molar-refractivity contribution in [1.29, 1.82) is 0 Å². The minimum absolute atomic E-state index is 0.158. The van der Waals surface area contributed by atoms with Crippen LogP contribution in [0.5, 0.6) is 0 Å². The summed E-state index contributed by atoms with van der Waals surface area (Å²) in [6, 6.07) is 5.93. The highest BCUT2D eigenvalue weighted by molar-refractivity contribution is 6.34. The molecule has 0 saturated carbocycles. The maximum atomic E-state index is 11.7. The first kappa shape index (κ1) is 14.2. The number of nitrogens with zero attached hydrogens (tertiary/aromatic N) is 1. The van der Waals surface area contributed by atoms with E-state index < -0.39 is 0 Å². The molecule has 1 atom stereocenters. The molecule has 4 nitrogen and oxygen atoms in total. The molecule has 1 aliphatic heterocycles. The zero-order valence-corrected chi connectivity index (χ0v) is 12.1. The van der Waals surface area contributed by atoms with E-state index in [0.29, 0.717) is 16.6 Å². The van der Waals surface area contributed by atoms with Crippen molar-refractivity contribution in [2.24, 2.45) is 0 Å². The van der Waals surface area contributed by atoms with Gasteiger partial charge in [-0.3, -0.25) is 4.79 Å². The maximum absolute atomic E-state index is 11.7. The van der Waals surface area contributed by atoms with Crippen LogP contribution < -0.4 is 10.6 Å². The van der Waals surface area contributed by atoms with Crippen molar-refractivity contribution in [2.45, 2.75) is 18.9 Å². The lowest BCUT2D eigenvalue weighted by Crippen LogP contribution is -2.39. The van der Waals surface area contributed by atoms with E-state index in [0.717, 1.165) is 25.2 Å². The van der Waals surface area contributed by atoms with Gasteiger partial charge in [-0.05, 0) is 44.6 Å². The molecule has 1 unspecified atom stereocenters. The van der Waals surface area contributed by atoms with Crippen molar-refractivity contribution in [2.75, 3.05) is 32.5 Å². The van der Waals surface area contributed by atoms with Gasteiger partial charge in [0.15, 0.2) is 0 Å². The molecule has 5 heteroatoms. The van der Waals surface area contributed by atoms with E-state index in [4.69, 9.17) is 11.6 Å². The topological polar surface area (TPSA) is 44.4 Å². The summed E-state index contributed by atoms with van der Waals surface area (Å²) in [5.74, 6) is -0.158. The molecule has 1 fully saturated rings. The molecule has 0 aromatic heterocycles. The number of likely N-dealkylation sites (tertiary alicyclic amines) is 1. The third kappa shape index (κ3) is 3.61. The van der Waals surface area contributed by atoms with Crippen LogP contribution in [-0.2, 0) is 0 Å². The Morgan fingerprint density at radius 3 is 2.95 bits per heavy atom. The van der Waals surface area contributed by atoms with Gasteiger partial charge in [0.2, 0.25) is 0 Å². The molecule has 2 rings (SSSR count). The Morgan fingerprint density at radius 2 is 2.26 bits per heavy atom. The molecule has 19 heavy (non-hydrogen) atoms. The van der Waals surface area contributed by atoms with Crippen molar-refractivity contribution in [3.05, 3.63) is 28.8 Å². The summed E-state index contributed by atoms with van der Waals surface area (Å²) in [5.41, 5.74) is 1.46. The van der Waals surface area contributed by atoms with Crippen molar-refractivity contribution < 1.29 is 4.79 Å². The zero-order chi connectivity index (χ0) is 13.8. The molecular formula is C14H20ClN3O. The second-order valence-corrected chi connectivity index (χ2v) is 5.43. The lowest BCUT2D eigenvalue weighted by atomic mass is 10.1. The highest BCUT2D eigenvalue weighted by Gasteiger charge is 2.17. The fraction of sp³-hybridized carbons (Fsp3) is 0.500. The molecule has 1 aliphatic rings. The normalized spacial score (nSPS) is 20.1. The predicted octanol–water partition coefficient (Wildman–Crippen LogP) is 2.21. The van der Waals surface area contributed by atoms with Gasteiger partial charge < -0.3 is 15.5 Å². The van der Waals surface area contributed by atoms with Crippen LogP contribution in [0.15, 0.2) is 18.2 Å². The van der Waals surface area contributed by atoms with Crippen LogP contribution in [-0.4, -0.2) is 44.0 Å². The molecule has 1 saturated heterocycles. The number of halogens is 1. The number of rotatable bonds is 3. The number of hydrogen-bond acceptors (Lipinski definition) is 3. The number of nitrogens with one attached hydrogen (secondary N) is 2. The zero-order valence-electron chi connectivity index (χ0n) is 11.4. The molecule has 0 spiro atoms. The van der Waals surface area contributed by atoms with E-state index in [9.17, 15) is 4.79 Å². The summed E-state index contributed by atoms with van der Waals surface area (Å²) in [7, 11) is 3.74. The van der Waals surface area contributed by atoms with Gasteiger partial charge in [-0.2, -0.15) is 0 Å². The lowest BCUT2D eigenvalue weighted by molar-refractivity contribution is 0.0963. The first-order chi connectivity index (χ1) is 9.10. The van der Waals surface area contributed by atoms with E-state index in [1.165, 1.54) is 6.42 Å². The minimum atomic E-state index is -0.158. The van der Waals surface area contributed by atoms with Gasteiger partial charge in [-0.15, -0.1) is 0 Å². The quantitative estimate of drug-likeness (QED) is 0.893. The molecular weight excluding hydrogens is 262 g/mol. The fourth-order valence-corrected chi connectivity index (χ4v) is 2.65. The van der Waals surface area contributed by atoms with Crippen LogP contribution in [0.3, 0.4) is 0 Å². The van der Waals surface area contributed by atoms with Gasteiger partial charge in [-0.1, -0.05) is 11.6 Å². The first-order valence-corrected chi connectivity index (χ1v) is 6.94. The largest absolute Gasteiger partial charge is 0.381 e. The van der Waals surface area contributed by atoms with Crippen LogP contribution in [0.4, 0.5) is 5.69 Å². The number of anilines is 1. The number of piperidine rings is 1. The minimum Gasteiger partial charge on any atom is -0.381 e. The van der Waals surface area contributed by atoms with Crippen LogP contribution in [0.25, 0.3) is 0 Å². The first-order valence-electron chi connectivity index (χ1n) is 6.57. The number of amides is 1. The molecule has 1 aromatic rings. The Hall–Kier alpha value is -1.26. The Morgan fingerprint density at radius 1 is 1.47 bits per heavy atom. The standard InChI is InChI=1S/C14H20ClN3O/c1-16-14(19)12-8-10(5-6-13(12)15)17-11-4-3-7-18(2)9-11/h5-6,8,11,17H,3-4,7,9H2,1-2H3,(H,16,19). The second kappa shape index (κ2) is 6.26. The summed E-state index contributed by atoms with van der Waals surface area (Å²) < 4.78 is 0. The van der Waals surface area contributed by atoms with Gasteiger partial charge >= 0.3 is 0 Å². The smallest absolute Gasteiger partial charge is 0.252 e. The van der Waals surface area contributed by atoms with Crippen LogP contribution in [0.2, 0.25) is 5.02 Å². The second-order valence-electron chi connectivity index (χ2n) is 5.02. The predicted molar refractivity (Wildman–Crippen MR) is 79.0 cm³/mol. The third-order valence-electron chi connectivity index (χ3n) is 3.43. The average molecular weight is 282 g/mol. The van der Waals surface area contributed by atoms with Crippen molar-refractivity contribution in [3.8, 4) is 0 Å². The molecule has 0 radical (unpaired) electrons. The Bertz CT molecular complexity index is 464. The van der Waals surface area contributed by atoms with E-state index in [1.54, 1.807) is 13.1 Å². The summed E-state index contributed by atoms with van der Waals surface area (Å²) in [6.07, 6.45) is 2.35. The van der Waals surface area contributed by atoms with E-state index in [-0.39, 0.29) is 5.91 Å².